The van der Waals surface area contributed by atoms with Crippen molar-refractivity contribution in [3.05, 3.63) is 57.3 Å². The summed E-state index contributed by atoms with van der Waals surface area (Å²) in [5, 5.41) is 1.93. The molecule has 0 aliphatic rings. The Morgan fingerprint density at radius 1 is 1.20 bits per heavy atom. The zero-order valence-electron chi connectivity index (χ0n) is 8.78. The molecule has 0 saturated carbocycles. The van der Waals surface area contributed by atoms with Crippen molar-refractivity contribution >= 4 is 17.1 Å². The first-order valence-electron chi connectivity index (χ1n) is 4.84. The van der Waals surface area contributed by atoms with Gasteiger partial charge in [-0.3, -0.25) is 4.79 Å². The Balaban J connectivity index is 2.42. The maximum Gasteiger partial charge on any atom is 0.203 e. The lowest BCUT2D eigenvalue weighted by atomic mass is 10.0. The number of ketones is 1. The van der Waals surface area contributed by atoms with Crippen LogP contribution in [0.4, 0.5) is 0 Å². The van der Waals surface area contributed by atoms with E-state index >= 15 is 0 Å². The second kappa shape index (κ2) is 3.99. The number of hydrogen-bond acceptors (Lipinski definition) is 2. The van der Waals surface area contributed by atoms with Crippen molar-refractivity contribution in [1.29, 1.82) is 0 Å². The first-order valence-corrected chi connectivity index (χ1v) is 5.72. The summed E-state index contributed by atoms with van der Waals surface area (Å²) < 4.78 is 0. The van der Waals surface area contributed by atoms with E-state index < -0.39 is 0 Å². The maximum absolute atomic E-state index is 12.0. The summed E-state index contributed by atoms with van der Waals surface area (Å²) in [7, 11) is 0. The molecule has 0 fully saturated rings. The van der Waals surface area contributed by atoms with E-state index in [0.29, 0.717) is 0 Å². The molecule has 0 saturated heterocycles. The van der Waals surface area contributed by atoms with Crippen molar-refractivity contribution in [1.82, 2.24) is 0 Å². The van der Waals surface area contributed by atoms with Crippen molar-refractivity contribution in [2.24, 2.45) is 0 Å². The number of aryl methyl sites for hydroxylation is 2. The summed E-state index contributed by atoms with van der Waals surface area (Å²) in [5.74, 6) is 0.127. The average molecular weight is 216 g/mol. The topological polar surface area (TPSA) is 17.1 Å². The Hall–Kier alpha value is -1.41. The second-order valence-corrected chi connectivity index (χ2v) is 4.57. The lowest BCUT2D eigenvalue weighted by molar-refractivity contribution is 0.104. The predicted molar refractivity (Wildman–Crippen MR) is 63.7 cm³/mol. The third kappa shape index (κ3) is 2.00. The predicted octanol–water partition coefficient (Wildman–Crippen LogP) is 3.60. The summed E-state index contributed by atoms with van der Waals surface area (Å²) in [6, 6.07) is 9.70. The highest BCUT2D eigenvalue weighted by Crippen LogP contribution is 2.18. The SMILES string of the molecule is Cc1ccc(C(=O)c2cccs2)c(C)c1. The molecule has 2 aromatic rings. The van der Waals surface area contributed by atoms with E-state index in [0.717, 1.165) is 16.0 Å². The zero-order valence-corrected chi connectivity index (χ0v) is 9.60. The van der Waals surface area contributed by atoms with Crippen LogP contribution in [0.2, 0.25) is 0 Å². The fourth-order valence-electron chi connectivity index (χ4n) is 1.61. The third-order valence-electron chi connectivity index (χ3n) is 2.37. The monoisotopic (exact) mass is 216 g/mol. The quantitative estimate of drug-likeness (QED) is 0.701. The summed E-state index contributed by atoms with van der Waals surface area (Å²) in [6.07, 6.45) is 0. The number of hydrogen-bond donors (Lipinski definition) is 0. The third-order valence-corrected chi connectivity index (χ3v) is 3.24. The van der Waals surface area contributed by atoms with Crippen LogP contribution in [0.5, 0.6) is 0 Å². The molecule has 2 rings (SSSR count). The molecule has 0 unspecified atom stereocenters. The van der Waals surface area contributed by atoms with Crippen LogP contribution in [0.25, 0.3) is 0 Å². The molecular formula is C13H12OS. The van der Waals surface area contributed by atoms with Gasteiger partial charge in [-0.2, -0.15) is 0 Å². The Labute approximate surface area is 93.4 Å². The van der Waals surface area contributed by atoms with Crippen LogP contribution >= 0.6 is 11.3 Å². The lowest BCUT2D eigenvalue weighted by Gasteiger charge is -2.04. The molecule has 0 amide bonds. The normalized spacial score (nSPS) is 10.3. The highest BCUT2D eigenvalue weighted by atomic mass is 32.1. The molecule has 76 valence electrons. The molecule has 1 aromatic heterocycles. The van der Waals surface area contributed by atoms with E-state index in [1.165, 1.54) is 16.9 Å². The highest BCUT2D eigenvalue weighted by Gasteiger charge is 2.11. The first-order chi connectivity index (χ1) is 7.18. The molecule has 0 spiro atoms. The molecule has 0 N–H and O–H groups in total. The molecule has 0 atom stereocenters. The highest BCUT2D eigenvalue weighted by molar-refractivity contribution is 7.12. The van der Waals surface area contributed by atoms with Gasteiger partial charge in [0, 0.05) is 5.56 Å². The number of carbonyl (C=O) groups is 1. The fraction of sp³-hybridized carbons (Fsp3) is 0.154. The molecular weight excluding hydrogens is 204 g/mol. The number of benzene rings is 1. The van der Waals surface area contributed by atoms with Crippen LogP contribution in [0.15, 0.2) is 35.7 Å². The lowest BCUT2D eigenvalue weighted by Crippen LogP contribution is -2.01. The fourth-order valence-corrected chi connectivity index (χ4v) is 2.29. The average Bonchev–Trinajstić information content (AvgIpc) is 2.69. The van der Waals surface area contributed by atoms with Gasteiger partial charge in [0.25, 0.3) is 0 Å². The van der Waals surface area contributed by atoms with Crippen LogP contribution in [0.3, 0.4) is 0 Å². The van der Waals surface area contributed by atoms with E-state index in [2.05, 4.69) is 0 Å². The number of rotatable bonds is 2. The van der Waals surface area contributed by atoms with Gasteiger partial charge < -0.3 is 0 Å². The van der Waals surface area contributed by atoms with Gasteiger partial charge >= 0.3 is 0 Å². The molecule has 1 nitrogen and oxygen atoms in total. The minimum atomic E-state index is 0.127. The van der Waals surface area contributed by atoms with Crippen molar-refractivity contribution < 1.29 is 4.79 Å². The molecule has 0 aliphatic heterocycles. The van der Waals surface area contributed by atoms with E-state index in [9.17, 15) is 4.79 Å². The van der Waals surface area contributed by atoms with Crippen molar-refractivity contribution in [2.75, 3.05) is 0 Å². The van der Waals surface area contributed by atoms with Gasteiger partial charge in [0.2, 0.25) is 5.78 Å². The summed E-state index contributed by atoms with van der Waals surface area (Å²) >= 11 is 1.49. The standard InChI is InChI=1S/C13H12OS/c1-9-5-6-11(10(2)8-9)13(14)12-4-3-7-15-12/h3-8H,1-2H3. The van der Waals surface area contributed by atoms with Crippen LogP contribution in [-0.4, -0.2) is 5.78 Å². The molecule has 0 radical (unpaired) electrons. The Bertz CT molecular complexity index is 483. The smallest absolute Gasteiger partial charge is 0.203 e. The van der Waals surface area contributed by atoms with Gasteiger partial charge in [0.1, 0.15) is 0 Å². The van der Waals surface area contributed by atoms with Crippen molar-refractivity contribution in [3.63, 3.8) is 0 Å². The van der Waals surface area contributed by atoms with Gasteiger partial charge in [-0.15, -0.1) is 11.3 Å². The van der Waals surface area contributed by atoms with Crippen LogP contribution in [-0.2, 0) is 0 Å². The summed E-state index contributed by atoms with van der Waals surface area (Å²) in [6.45, 7) is 4.01. The van der Waals surface area contributed by atoms with Gasteiger partial charge in [-0.1, -0.05) is 29.8 Å². The van der Waals surface area contributed by atoms with Gasteiger partial charge in [0.15, 0.2) is 0 Å². The molecule has 2 heteroatoms. The van der Waals surface area contributed by atoms with E-state index in [1.54, 1.807) is 0 Å². The molecule has 0 aliphatic carbocycles. The number of carbonyl (C=O) groups excluding carboxylic acids is 1. The van der Waals surface area contributed by atoms with Crippen LogP contribution in [0, 0.1) is 13.8 Å². The zero-order chi connectivity index (χ0) is 10.8. The van der Waals surface area contributed by atoms with Gasteiger partial charge in [-0.05, 0) is 30.9 Å². The summed E-state index contributed by atoms with van der Waals surface area (Å²) in [5.41, 5.74) is 3.05. The van der Waals surface area contributed by atoms with Gasteiger partial charge in [0.05, 0.1) is 4.88 Å². The Kier molecular flexibility index (Phi) is 2.69. The number of thiophene rings is 1. The van der Waals surface area contributed by atoms with E-state index in [4.69, 9.17) is 0 Å². The van der Waals surface area contributed by atoms with E-state index in [1.807, 2.05) is 49.6 Å². The van der Waals surface area contributed by atoms with Crippen LogP contribution in [0.1, 0.15) is 26.4 Å². The van der Waals surface area contributed by atoms with E-state index in [-0.39, 0.29) is 5.78 Å². The van der Waals surface area contributed by atoms with Crippen molar-refractivity contribution in [2.45, 2.75) is 13.8 Å². The largest absolute Gasteiger partial charge is 0.288 e. The Morgan fingerprint density at radius 3 is 2.60 bits per heavy atom. The van der Waals surface area contributed by atoms with Crippen molar-refractivity contribution in [3.8, 4) is 0 Å². The Morgan fingerprint density at radius 2 is 2.00 bits per heavy atom. The molecule has 1 heterocycles. The minimum absolute atomic E-state index is 0.127. The van der Waals surface area contributed by atoms with Crippen LogP contribution < -0.4 is 0 Å². The summed E-state index contributed by atoms with van der Waals surface area (Å²) in [4.78, 5) is 12.9. The minimum Gasteiger partial charge on any atom is -0.288 e. The molecule has 1 aromatic carbocycles. The molecule has 15 heavy (non-hydrogen) atoms. The second-order valence-electron chi connectivity index (χ2n) is 3.62. The van der Waals surface area contributed by atoms with Gasteiger partial charge in [-0.25, -0.2) is 0 Å². The molecule has 0 bridgehead atoms. The maximum atomic E-state index is 12.0. The first kappa shape index (κ1) is 10.1.